The van der Waals surface area contributed by atoms with Gasteiger partial charge in [0.25, 0.3) is 5.91 Å². The summed E-state index contributed by atoms with van der Waals surface area (Å²) in [5.41, 5.74) is 0.923. The monoisotopic (exact) mass is 391 g/mol. The molecule has 148 valence electrons. The molecule has 0 aliphatic carbocycles. The van der Waals surface area contributed by atoms with E-state index in [0.29, 0.717) is 22.8 Å². The van der Waals surface area contributed by atoms with Crippen molar-refractivity contribution >= 4 is 12.0 Å². The molecule has 0 bridgehead atoms. The average Bonchev–Trinajstić information content (AvgIpc) is 2.78. The maximum Gasteiger partial charge on any atom is 0.416 e. The lowest BCUT2D eigenvalue weighted by atomic mass is 10.1. The number of methoxy groups -OCH3 is 2. The molecule has 0 unspecified atom stereocenters. The molecule has 3 aromatic carbocycles. The van der Waals surface area contributed by atoms with Crippen LogP contribution in [0.3, 0.4) is 0 Å². The second-order valence-electron chi connectivity index (χ2n) is 6.08. The molecule has 0 N–H and O–H groups in total. The first-order valence-electron chi connectivity index (χ1n) is 8.97. The van der Waals surface area contributed by atoms with E-state index in [1.165, 1.54) is 14.2 Å². The molecule has 3 rings (SSSR count). The fraction of sp³-hybridized carbons (Fsp3) is 0.130. The molecule has 0 fully saturated rings. The van der Waals surface area contributed by atoms with Crippen LogP contribution in [0.15, 0.2) is 78.9 Å². The molecule has 0 aromatic heterocycles. The molecule has 6 heteroatoms. The summed E-state index contributed by atoms with van der Waals surface area (Å²) in [6.07, 6.45) is -0.768. The summed E-state index contributed by atoms with van der Waals surface area (Å²) < 4.78 is 16.0. The zero-order valence-electron chi connectivity index (χ0n) is 16.2. The molecule has 0 saturated heterocycles. The smallest absolute Gasteiger partial charge is 0.416 e. The molecule has 0 atom stereocenters. The van der Waals surface area contributed by atoms with Gasteiger partial charge in [0.1, 0.15) is 17.2 Å². The number of hydrogen-bond donors (Lipinski definition) is 0. The molecule has 0 aliphatic rings. The highest BCUT2D eigenvalue weighted by Crippen LogP contribution is 2.28. The van der Waals surface area contributed by atoms with Crippen molar-refractivity contribution in [1.82, 2.24) is 4.90 Å². The van der Waals surface area contributed by atoms with Gasteiger partial charge in [0.2, 0.25) is 0 Å². The highest BCUT2D eigenvalue weighted by atomic mass is 16.5. The number of rotatable bonds is 6. The van der Waals surface area contributed by atoms with Crippen molar-refractivity contribution in [3.05, 3.63) is 90.0 Å². The van der Waals surface area contributed by atoms with Crippen molar-refractivity contribution in [3.8, 4) is 17.2 Å². The summed E-state index contributed by atoms with van der Waals surface area (Å²) in [6.45, 7) is -0.00477. The first-order valence-corrected chi connectivity index (χ1v) is 8.97. The molecule has 0 saturated carbocycles. The number of imide groups is 1. The molecule has 0 spiro atoms. The van der Waals surface area contributed by atoms with E-state index in [1.807, 2.05) is 30.3 Å². The van der Waals surface area contributed by atoms with Gasteiger partial charge < -0.3 is 14.2 Å². The summed E-state index contributed by atoms with van der Waals surface area (Å²) in [5, 5.41) is 0. The van der Waals surface area contributed by atoms with Crippen LogP contribution in [0.4, 0.5) is 4.79 Å². The van der Waals surface area contributed by atoms with E-state index >= 15 is 0 Å². The van der Waals surface area contributed by atoms with Gasteiger partial charge in [-0.25, -0.2) is 9.69 Å². The van der Waals surface area contributed by atoms with Crippen LogP contribution in [0.25, 0.3) is 0 Å². The number of amides is 2. The highest BCUT2D eigenvalue weighted by molar-refractivity contribution is 6.04. The van der Waals surface area contributed by atoms with Crippen molar-refractivity contribution in [3.63, 3.8) is 0 Å². The van der Waals surface area contributed by atoms with Crippen LogP contribution in [-0.2, 0) is 11.3 Å². The Morgan fingerprint density at radius 1 is 0.793 bits per heavy atom. The van der Waals surface area contributed by atoms with E-state index in [1.54, 1.807) is 48.5 Å². The Bertz CT molecular complexity index is 987. The van der Waals surface area contributed by atoms with Gasteiger partial charge in [0, 0.05) is 5.56 Å². The van der Waals surface area contributed by atoms with E-state index in [9.17, 15) is 9.59 Å². The van der Waals surface area contributed by atoms with Gasteiger partial charge in [-0.05, 0) is 30.3 Å². The zero-order chi connectivity index (χ0) is 20.6. The van der Waals surface area contributed by atoms with Crippen LogP contribution in [0.5, 0.6) is 17.2 Å². The Balaban J connectivity index is 1.94. The number of hydrogen-bond acceptors (Lipinski definition) is 5. The first kappa shape index (κ1) is 19.9. The van der Waals surface area contributed by atoms with E-state index in [-0.39, 0.29) is 12.1 Å². The van der Waals surface area contributed by atoms with Gasteiger partial charge in [-0.1, -0.05) is 48.5 Å². The predicted molar refractivity (Wildman–Crippen MR) is 108 cm³/mol. The lowest BCUT2D eigenvalue weighted by Crippen LogP contribution is -2.36. The fourth-order valence-corrected chi connectivity index (χ4v) is 2.83. The minimum Gasteiger partial charge on any atom is -0.496 e. The standard InChI is InChI=1S/C23H21NO5/c1-27-20-14-8-6-10-17(20)16-24(23(26)28-2)22(25)19-13-7-9-15-21(19)29-18-11-4-3-5-12-18/h3-15H,16H2,1-2H3. The van der Waals surface area contributed by atoms with Gasteiger partial charge in [-0.15, -0.1) is 0 Å². The Kier molecular flexibility index (Phi) is 6.47. The second-order valence-corrected chi connectivity index (χ2v) is 6.08. The number of carbonyl (C=O) groups excluding carboxylic acids is 2. The van der Waals surface area contributed by atoms with Crippen molar-refractivity contribution in [1.29, 1.82) is 0 Å². The Morgan fingerprint density at radius 3 is 2.10 bits per heavy atom. The van der Waals surface area contributed by atoms with Crippen molar-refractivity contribution < 1.29 is 23.8 Å². The number of nitrogens with zero attached hydrogens (tertiary/aromatic N) is 1. The fourth-order valence-electron chi connectivity index (χ4n) is 2.83. The molecule has 0 heterocycles. The minimum absolute atomic E-state index is 0.00477. The van der Waals surface area contributed by atoms with Crippen LogP contribution in [0.1, 0.15) is 15.9 Å². The van der Waals surface area contributed by atoms with Crippen LogP contribution in [0, 0.1) is 0 Å². The summed E-state index contributed by atoms with van der Waals surface area (Å²) in [5.74, 6) is 0.969. The molecule has 0 radical (unpaired) electrons. The van der Waals surface area contributed by atoms with E-state index < -0.39 is 12.0 Å². The molecule has 29 heavy (non-hydrogen) atoms. The number of ether oxygens (including phenoxy) is 3. The summed E-state index contributed by atoms with van der Waals surface area (Å²) >= 11 is 0. The largest absolute Gasteiger partial charge is 0.496 e. The Morgan fingerprint density at radius 2 is 1.41 bits per heavy atom. The molecular formula is C23H21NO5. The normalized spacial score (nSPS) is 10.1. The molecule has 0 aliphatic heterocycles. The number of carbonyl (C=O) groups is 2. The summed E-state index contributed by atoms with van der Waals surface area (Å²) in [4.78, 5) is 26.7. The van der Waals surface area contributed by atoms with Crippen molar-refractivity contribution in [2.24, 2.45) is 0 Å². The van der Waals surface area contributed by atoms with E-state index in [4.69, 9.17) is 14.2 Å². The molecule has 2 amide bonds. The third-order valence-electron chi connectivity index (χ3n) is 4.25. The van der Waals surface area contributed by atoms with Crippen molar-refractivity contribution in [2.75, 3.05) is 14.2 Å². The van der Waals surface area contributed by atoms with Gasteiger partial charge in [0.15, 0.2) is 0 Å². The molecule has 3 aromatic rings. The van der Waals surface area contributed by atoms with Crippen LogP contribution < -0.4 is 9.47 Å². The molecular weight excluding hydrogens is 370 g/mol. The Hall–Kier alpha value is -3.80. The van der Waals surface area contributed by atoms with Crippen LogP contribution >= 0.6 is 0 Å². The lowest BCUT2D eigenvalue weighted by Gasteiger charge is -2.21. The lowest BCUT2D eigenvalue weighted by molar-refractivity contribution is 0.0690. The van der Waals surface area contributed by atoms with Gasteiger partial charge in [0.05, 0.1) is 26.3 Å². The topological polar surface area (TPSA) is 65.1 Å². The molecule has 6 nitrogen and oxygen atoms in total. The summed E-state index contributed by atoms with van der Waals surface area (Å²) in [6, 6.07) is 23.1. The zero-order valence-corrected chi connectivity index (χ0v) is 16.2. The summed E-state index contributed by atoms with van der Waals surface area (Å²) in [7, 11) is 2.77. The second kappa shape index (κ2) is 9.41. The average molecular weight is 391 g/mol. The quantitative estimate of drug-likeness (QED) is 0.598. The number of benzene rings is 3. The van der Waals surface area contributed by atoms with Crippen molar-refractivity contribution in [2.45, 2.75) is 6.54 Å². The van der Waals surface area contributed by atoms with Crippen LogP contribution in [-0.4, -0.2) is 31.1 Å². The van der Waals surface area contributed by atoms with Gasteiger partial charge in [-0.3, -0.25) is 4.79 Å². The van der Waals surface area contributed by atoms with E-state index in [0.717, 1.165) is 4.90 Å². The first-order chi connectivity index (χ1) is 14.1. The van der Waals surface area contributed by atoms with Gasteiger partial charge in [-0.2, -0.15) is 0 Å². The predicted octanol–water partition coefficient (Wildman–Crippen LogP) is 4.90. The van der Waals surface area contributed by atoms with Gasteiger partial charge >= 0.3 is 6.09 Å². The third kappa shape index (κ3) is 4.73. The Labute approximate surface area is 169 Å². The highest BCUT2D eigenvalue weighted by Gasteiger charge is 2.27. The maximum atomic E-state index is 13.3. The maximum absolute atomic E-state index is 13.3. The van der Waals surface area contributed by atoms with Crippen LogP contribution in [0.2, 0.25) is 0 Å². The minimum atomic E-state index is -0.768. The van der Waals surface area contributed by atoms with E-state index in [2.05, 4.69) is 0 Å². The number of para-hydroxylation sites is 3. The third-order valence-corrected chi connectivity index (χ3v) is 4.25. The SMILES string of the molecule is COC(=O)N(Cc1ccccc1OC)C(=O)c1ccccc1Oc1ccccc1.